The van der Waals surface area contributed by atoms with E-state index in [1.165, 1.54) is 6.07 Å². The summed E-state index contributed by atoms with van der Waals surface area (Å²) in [6, 6.07) is 20.8. The smallest absolute Gasteiger partial charge is 0.253 e. The Bertz CT molecular complexity index is 1720. The summed E-state index contributed by atoms with van der Waals surface area (Å²) < 4.78 is 18.2. The first-order valence-corrected chi connectivity index (χ1v) is 14.2. The molecule has 1 aliphatic heterocycles. The van der Waals surface area contributed by atoms with Crippen LogP contribution in [0.3, 0.4) is 0 Å². The zero-order valence-electron chi connectivity index (χ0n) is 22.6. The molecule has 1 N–H and O–H groups in total. The topological polar surface area (TPSA) is 63.3 Å². The van der Waals surface area contributed by atoms with Crippen LogP contribution in [0.1, 0.15) is 47.8 Å². The minimum Gasteiger partial charge on any atom is -0.393 e. The second kappa shape index (κ2) is 9.89. The molecule has 0 spiro atoms. The van der Waals surface area contributed by atoms with Crippen LogP contribution in [0.2, 0.25) is 0 Å². The van der Waals surface area contributed by atoms with Crippen molar-refractivity contribution in [3.8, 4) is 11.1 Å². The number of benzene rings is 3. The van der Waals surface area contributed by atoms with Crippen molar-refractivity contribution in [1.82, 2.24) is 19.0 Å². The Morgan fingerprint density at radius 1 is 1.00 bits per heavy atom. The largest absolute Gasteiger partial charge is 0.393 e. The van der Waals surface area contributed by atoms with Gasteiger partial charge in [-0.15, -0.1) is 0 Å². The van der Waals surface area contributed by atoms with Crippen LogP contribution in [-0.2, 0) is 13.6 Å². The summed E-state index contributed by atoms with van der Waals surface area (Å²) in [5, 5.41) is 10.8. The molecule has 0 atom stereocenters. The number of amides is 1. The maximum atomic E-state index is 13.9. The van der Waals surface area contributed by atoms with Crippen LogP contribution >= 0.6 is 0 Å². The quantitative estimate of drug-likeness (QED) is 0.294. The van der Waals surface area contributed by atoms with Gasteiger partial charge in [0.1, 0.15) is 11.6 Å². The number of imidazole rings is 1. The molecule has 0 radical (unpaired) electrons. The molecule has 5 aromatic rings. The molecule has 2 fully saturated rings. The molecule has 2 aliphatic rings. The lowest BCUT2D eigenvalue weighted by Gasteiger charge is -2.34. The van der Waals surface area contributed by atoms with Gasteiger partial charge in [0.05, 0.1) is 17.1 Å². The molecule has 6 nitrogen and oxygen atoms in total. The van der Waals surface area contributed by atoms with E-state index < -0.39 is 0 Å². The van der Waals surface area contributed by atoms with Crippen LogP contribution in [0, 0.1) is 11.7 Å². The van der Waals surface area contributed by atoms with Gasteiger partial charge in [0.15, 0.2) is 0 Å². The SMILES string of the molecule is Cn1cc(-c2cccc(F)c2)c2ccc(C(=O)N3CCC(c4nc5ccccc5n4CC4CC(O)C4)CC3)cc21. The molecule has 40 heavy (non-hydrogen) atoms. The minimum absolute atomic E-state index is 0.0471. The molecule has 3 heterocycles. The van der Waals surface area contributed by atoms with Crippen LogP contribution in [-0.4, -0.2) is 49.2 Å². The molecule has 7 rings (SSSR count). The molecule has 1 saturated carbocycles. The van der Waals surface area contributed by atoms with Crippen molar-refractivity contribution in [2.45, 2.75) is 44.2 Å². The Morgan fingerprint density at radius 2 is 1.80 bits per heavy atom. The van der Waals surface area contributed by atoms with E-state index in [1.54, 1.807) is 12.1 Å². The Kier molecular flexibility index (Phi) is 6.19. The standard InChI is InChI=1S/C33H33FN4O2/c1-36-20-28(23-5-4-6-25(34)17-23)27-10-9-24(18-31(27)36)33(40)37-13-11-22(12-14-37)32-35-29-7-2-3-8-30(29)38(32)19-21-15-26(39)16-21/h2-10,17-18,20-22,26,39H,11-16,19H2,1H3. The third-order valence-electron chi connectivity index (χ3n) is 8.86. The van der Waals surface area contributed by atoms with Gasteiger partial charge < -0.3 is 19.1 Å². The zero-order chi connectivity index (χ0) is 27.4. The number of fused-ring (bicyclic) bond motifs is 2. The second-order valence-corrected chi connectivity index (χ2v) is 11.5. The van der Waals surface area contributed by atoms with E-state index in [0.29, 0.717) is 30.5 Å². The summed E-state index contributed by atoms with van der Waals surface area (Å²) in [6.07, 6.45) is 5.29. The highest BCUT2D eigenvalue weighted by Gasteiger charge is 2.32. The lowest BCUT2D eigenvalue weighted by atomic mass is 9.82. The number of piperidine rings is 1. The Balaban J connectivity index is 1.09. The summed E-state index contributed by atoms with van der Waals surface area (Å²) in [7, 11) is 1.96. The monoisotopic (exact) mass is 536 g/mol. The van der Waals surface area contributed by atoms with Crippen LogP contribution in [0.25, 0.3) is 33.1 Å². The third kappa shape index (κ3) is 4.38. The molecule has 1 aliphatic carbocycles. The van der Waals surface area contributed by atoms with Gasteiger partial charge in [0.2, 0.25) is 0 Å². The van der Waals surface area contributed by atoms with E-state index in [4.69, 9.17) is 4.98 Å². The number of para-hydroxylation sites is 2. The molecule has 7 heteroatoms. The lowest BCUT2D eigenvalue weighted by molar-refractivity contribution is 0.0351. The molecule has 2 aromatic heterocycles. The number of likely N-dealkylation sites (tertiary alicyclic amines) is 1. The van der Waals surface area contributed by atoms with Crippen molar-refractivity contribution in [3.05, 3.63) is 90.1 Å². The molecule has 1 saturated heterocycles. The van der Waals surface area contributed by atoms with Crippen LogP contribution in [0.4, 0.5) is 4.39 Å². The van der Waals surface area contributed by atoms with Gasteiger partial charge in [0, 0.05) is 60.8 Å². The summed E-state index contributed by atoms with van der Waals surface area (Å²) in [4.78, 5) is 20.6. The number of aliphatic hydroxyl groups excluding tert-OH is 1. The zero-order valence-corrected chi connectivity index (χ0v) is 22.6. The molecular formula is C33H33FN4O2. The molecule has 204 valence electrons. The lowest BCUT2D eigenvalue weighted by Crippen LogP contribution is -2.38. The molecular weight excluding hydrogens is 503 g/mol. The van der Waals surface area contributed by atoms with Gasteiger partial charge >= 0.3 is 0 Å². The minimum atomic E-state index is -0.262. The van der Waals surface area contributed by atoms with Gasteiger partial charge in [-0.25, -0.2) is 9.37 Å². The van der Waals surface area contributed by atoms with E-state index in [9.17, 15) is 14.3 Å². The van der Waals surface area contributed by atoms with E-state index in [1.807, 2.05) is 53.0 Å². The fourth-order valence-electron chi connectivity index (χ4n) is 6.63. The average molecular weight is 537 g/mol. The number of aryl methyl sites for hydroxylation is 1. The molecule has 0 unspecified atom stereocenters. The highest BCUT2D eigenvalue weighted by Crippen LogP contribution is 2.36. The van der Waals surface area contributed by atoms with Gasteiger partial charge in [-0.2, -0.15) is 0 Å². The maximum Gasteiger partial charge on any atom is 0.253 e. The number of nitrogens with zero attached hydrogens (tertiary/aromatic N) is 4. The van der Waals surface area contributed by atoms with Crippen LogP contribution < -0.4 is 0 Å². The molecule has 0 bridgehead atoms. The van der Waals surface area contributed by atoms with Crippen molar-refractivity contribution in [2.24, 2.45) is 13.0 Å². The maximum absolute atomic E-state index is 13.9. The predicted octanol–water partition coefficient (Wildman–Crippen LogP) is 6.12. The highest BCUT2D eigenvalue weighted by molar-refractivity contribution is 6.02. The number of rotatable bonds is 5. The first kappa shape index (κ1) is 25.0. The summed E-state index contributed by atoms with van der Waals surface area (Å²) >= 11 is 0. The second-order valence-electron chi connectivity index (χ2n) is 11.5. The Hall–Kier alpha value is -3.97. The Morgan fingerprint density at radius 3 is 2.58 bits per heavy atom. The number of aromatic nitrogens is 3. The van der Waals surface area contributed by atoms with E-state index in [-0.39, 0.29) is 17.8 Å². The molecule has 3 aromatic carbocycles. The fourth-order valence-corrected chi connectivity index (χ4v) is 6.63. The van der Waals surface area contributed by atoms with E-state index in [2.05, 4.69) is 22.8 Å². The van der Waals surface area contributed by atoms with Crippen molar-refractivity contribution in [1.29, 1.82) is 0 Å². The van der Waals surface area contributed by atoms with Gasteiger partial charge in [-0.05, 0) is 73.6 Å². The highest BCUT2D eigenvalue weighted by atomic mass is 19.1. The number of hydrogen-bond donors (Lipinski definition) is 1. The van der Waals surface area contributed by atoms with Crippen molar-refractivity contribution in [3.63, 3.8) is 0 Å². The number of halogens is 1. The normalized spacial score (nSPS) is 19.8. The predicted molar refractivity (Wildman–Crippen MR) is 155 cm³/mol. The summed E-state index contributed by atoms with van der Waals surface area (Å²) in [5.74, 6) is 1.69. The first-order valence-electron chi connectivity index (χ1n) is 14.2. The van der Waals surface area contributed by atoms with Crippen LogP contribution in [0.5, 0.6) is 0 Å². The summed E-state index contributed by atoms with van der Waals surface area (Å²) in [5.41, 5.74) is 5.58. The summed E-state index contributed by atoms with van der Waals surface area (Å²) in [6.45, 7) is 2.27. The number of carbonyl (C=O) groups excluding carboxylic acids is 1. The third-order valence-corrected chi connectivity index (χ3v) is 8.86. The van der Waals surface area contributed by atoms with E-state index >= 15 is 0 Å². The van der Waals surface area contributed by atoms with Crippen molar-refractivity contribution >= 4 is 27.8 Å². The van der Waals surface area contributed by atoms with Gasteiger partial charge in [-0.3, -0.25) is 4.79 Å². The first-order chi connectivity index (χ1) is 19.4. The average Bonchev–Trinajstić information content (AvgIpc) is 3.49. The van der Waals surface area contributed by atoms with Gasteiger partial charge in [0.25, 0.3) is 5.91 Å². The number of hydrogen-bond acceptors (Lipinski definition) is 3. The molecule has 1 amide bonds. The van der Waals surface area contributed by atoms with E-state index in [0.717, 1.165) is 71.1 Å². The number of carbonyl (C=O) groups is 1. The van der Waals surface area contributed by atoms with Crippen molar-refractivity contribution < 1.29 is 14.3 Å². The fraction of sp³-hybridized carbons (Fsp3) is 0.333. The van der Waals surface area contributed by atoms with Crippen molar-refractivity contribution in [2.75, 3.05) is 13.1 Å². The van der Waals surface area contributed by atoms with Gasteiger partial charge in [-0.1, -0.05) is 30.3 Å². The Labute approximate surface area is 232 Å². The number of aliphatic hydroxyl groups is 1. The van der Waals surface area contributed by atoms with Crippen LogP contribution in [0.15, 0.2) is 72.9 Å².